The van der Waals surface area contributed by atoms with E-state index < -0.39 is 0 Å². The van der Waals surface area contributed by atoms with Crippen LogP contribution in [0.25, 0.3) is 0 Å². The molecule has 98 valence electrons. The molecule has 0 radical (unpaired) electrons. The van der Waals surface area contributed by atoms with Crippen molar-refractivity contribution in [2.75, 3.05) is 13.1 Å². The molecule has 0 aromatic rings. The molecular formula is C14H32N2. The fraction of sp³-hybridized carbons (Fsp3) is 1.00. The molecule has 0 aliphatic carbocycles. The van der Waals surface area contributed by atoms with Gasteiger partial charge in [-0.05, 0) is 38.6 Å². The van der Waals surface area contributed by atoms with Gasteiger partial charge in [-0.3, -0.25) is 0 Å². The Morgan fingerprint density at radius 3 is 2.12 bits per heavy atom. The Balaban J connectivity index is 3.57. The van der Waals surface area contributed by atoms with Crippen molar-refractivity contribution in [3.63, 3.8) is 0 Å². The maximum absolute atomic E-state index is 5.94. The van der Waals surface area contributed by atoms with Crippen LogP contribution >= 0.6 is 0 Å². The molecule has 0 aromatic carbocycles. The van der Waals surface area contributed by atoms with Crippen LogP contribution < -0.4 is 11.1 Å². The first-order valence-corrected chi connectivity index (χ1v) is 6.76. The molecule has 0 aromatic heterocycles. The van der Waals surface area contributed by atoms with Crippen LogP contribution in [0.2, 0.25) is 0 Å². The third kappa shape index (κ3) is 10.4. The van der Waals surface area contributed by atoms with Gasteiger partial charge in [0.15, 0.2) is 0 Å². The van der Waals surface area contributed by atoms with Crippen LogP contribution in [-0.4, -0.2) is 18.6 Å². The summed E-state index contributed by atoms with van der Waals surface area (Å²) >= 11 is 0. The van der Waals surface area contributed by atoms with Crippen LogP contribution in [0.15, 0.2) is 0 Å². The van der Waals surface area contributed by atoms with Crippen LogP contribution in [-0.2, 0) is 0 Å². The number of nitrogens with two attached hydrogens (primary N) is 1. The molecule has 3 N–H and O–H groups in total. The van der Waals surface area contributed by atoms with Crippen LogP contribution in [0.5, 0.6) is 0 Å². The lowest BCUT2D eigenvalue weighted by atomic mass is 9.87. The molecule has 0 fully saturated rings. The highest BCUT2D eigenvalue weighted by molar-refractivity contribution is 4.75. The third-order valence-corrected chi connectivity index (χ3v) is 3.01. The number of hydrogen-bond donors (Lipinski definition) is 2. The van der Waals surface area contributed by atoms with Gasteiger partial charge in [0.2, 0.25) is 0 Å². The Morgan fingerprint density at radius 1 is 1.00 bits per heavy atom. The van der Waals surface area contributed by atoms with Gasteiger partial charge in [0.1, 0.15) is 0 Å². The highest BCUT2D eigenvalue weighted by Gasteiger charge is 2.17. The highest BCUT2D eigenvalue weighted by Crippen LogP contribution is 2.22. The summed E-state index contributed by atoms with van der Waals surface area (Å²) in [5.74, 6) is 0. The molecule has 0 atom stereocenters. The summed E-state index contributed by atoms with van der Waals surface area (Å²) in [6.07, 6.45) is 6.38. The summed E-state index contributed by atoms with van der Waals surface area (Å²) in [7, 11) is 0. The van der Waals surface area contributed by atoms with Gasteiger partial charge >= 0.3 is 0 Å². The van der Waals surface area contributed by atoms with Gasteiger partial charge in [-0.15, -0.1) is 0 Å². The number of hydrogen-bond acceptors (Lipinski definition) is 2. The minimum Gasteiger partial charge on any atom is -0.326 e. The Morgan fingerprint density at radius 2 is 1.62 bits per heavy atom. The second-order valence-electron chi connectivity index (χ2n) is 6.54. The maximum atomic E-state index is 5.94. The summed E-state index contributed by atoms with van der Waals surface area (Å²) in [6, 6.07) is 0. The first-order valence-electron chi connectivity index (χ1n) is 6.76. The standard InChI is InChI=1S/C14H32N2/c1-6-7-8-9-13(2,3)12-16-11-10-14(4,5)15/h16H,6-12,15H2,1-5H3. The molecule has 0 spiro atoms. The highest BCUT2D eigenvalue weighted by atomic mass is 14.9. The first-order chi connectivity index (χ1) is 7.27. The molecule has 0 saturated heterocycles. The van der Waals surface area contributed by atoms with E-state index in [2.05, 4.69) is 39.9 Å². The van der Waals surface area contributed by atoms with E-state index in [1.165, 1.54) is 25.7 Å². The van der Waals surface area contributed by atoms with Crippen molar-refractivity contribution in [1.82, 2.24) is 5.32 Å². The molecule has 0 unspecified atom stereocenters. The summed E-state index contributed by atoms with van der Waals surface area (Å²) < 4.78 is 0. The van der Waals surface area contributed by atoms with E-state index in [0.29, 0.717) is 5.41 Å². The average Bonchev–Trinajstić information content (AvgIpc) is 2.11. The molecule has 2 heteroatoms. The Hall–Kier alpha value is -0.0800. The zero-order chi connectivity index (χ0) is 12.7. The lowest BCUT2D eigenvalue weighted by Gasteiger charge is -2.26. The second kappa shape index (κ2) is 7.29. The van der Waals surface area contributed by atoms with Crippen molar-refractivity contribution < 1.29 is 0 Å². The van der Waals surface area contributed by atoms with Gasteiger partial charge < -0.3 is 11.1 Å². The topological polar surface area (TPSA) is 38.0 Å². The molecule has 0 bridgehead atoms. The Bertz CT molecular complexity index is 168. The molecule has 2 nitrogen and oxygen atoms in total. The lowest BCUT2D eigenvalue weighted by Crippen LogP contribution is -2.38. The molecule has 16 heavy (non-hydrogen) atoms. The zero-order valence-electron chi connectivity index (χ0n) is 12.0. The SMILES string of the molecule is CCCCCC(C)(C)CNCCC(C)(C)N. The molecule has 0 aliphatic heterocycles. The van der Waals surface area contributed by atoms with Gasteiger partial charge in [-0.1, -0.05) is 40.0 Å². The van der Waals surface area contributed by atoms with E-state index in [4.69, 9.17) is 5.73 Å². The fourth-order valence-electron chi connectivity index (χ4n) is 1.78. The van der Waals surface area contributed by atoms with Crippen molar-refractivity contribution >= 4 is 0 Å². The van der Waals surface area contributed by atoms with E-state index in [1.807, 2.05) is 0 Å². The number of unbranched alkanes of at least 4 members (excludes halogenated alkanes) is 2. The normalized spacial score (nSPS) is 13.1. The summed E-state index contributed by atoms with van der Waals surface area (Å²) in [5.41, 5.74) is 6.33. The summed E-state index contributed by atoms with van der Waals surface area (Å²) in [4.78, 5) is 0. The Kier molecular flexibility index (Phi) is 7.25. The fourth-order valence-corrected chi connectivity index (χ4v) is 1.78. The van der Waals surface area contributed by atoms with Crippen LogP contribution in [0.4, 0.5) is 0 Å². The smallest absolute Gasteiger partial charge is 0.0109 e. The molecular weight excluding hydrogens is 196 g/mol. The average molecular weight is 228 g/mol. The third-order valence-electron chi connectivity index (χ3n) is 3.01. The molecule has 0 heterocycles. The summed E-state index contributed by atoms with van der Waals surface area (Å²) in [5, 5.41) is 3.53. The van der Waals surface area contributed by atoms with Gasteiger partial charge in [-0.2, -0.15) is 0 Å². The van der Waals surface area contributed by atoms with E-state index in [9.17, 15) is 0 Å². The summed E-state index contributed by atoms with van der Waals surface area (Å²) in [6.45, 7) is 13.3. The van der Waals surface area contributed by atoms with E-state index in [1.54, 1.807) is 0 Å². The van der Waals surface area contributed by atoms with Crippen LogP contribution in [0.1, 0.15) is 66.7 Å². The van der Waals surface area contributed by atoms with E-state index in [0.717, 1.165) is 19.5 Å². The van der Waals surface area contributed by atoms with Crippen molar-refractivity contribution in [2.45, 2.75) is 72.3 Å². The van der Waals surface area contributed by atoms with Crippen molar-refractivity contribution in [2.24, 2.45) is 11.1 Å². The van der Waals surface area contributed by atoms with E-state index >= 15 is 0 Å². The minimum absolute atomic E-state index is 0.0423. The lowest BCUT2D eigenvalue weighted by molar-refractivity contribution is 0.297. The molecule has 0 saturated carbocycles. The molecule has 0 rings (SSSR count). The van der Waals surface area contributed by atoms with Gasteiger partial charge in [0.25, 0.3) is 0 Å². The predicted octanol–water partition coefficient (Wildman–Crippen LogP) is 3.31. The number of nitrogens with one attached hydrogen (secondary N) is 1. The maximum Gasteiger partial charge on any atom is 0.0109 e. The second-order valence-corrected chi connectivity index (χ2v) is 6.54. The van der Waals surface area contributed by atoms with Crippen molar-refractivity contribution in [1.29, 1.82) is 0 Å². The van der Waals surface area contributed by atoms with Gasteiger partial charge in [-0.25, -0.2) is 0 Å². The monoisotopic (exact) mass is 228 g/mol. The van der Waals surface area contributed by atoms with Crippen molar-refractivity contribution in [3.8, 4) is 0 Å². The first kappa shape index (κ1) is 15.9. The largest absolute Gasteiger partial charge is 0.326 e. The Labute approximate surface area is 102 Å². The van der Waals surface area contributed by atoms with Crippen LogP contribution in [0, 0.1) is 5.41 Å². The van der Waals surface area contributed by atoms with Gasteiger partial charge in [0.05, 0.1) is 0 Å². The molecule has 0 aliphatic rings. The number of rotatable bonds is 9. The minimum atomic E-state index is -0.0423. The van der Waals surface area contributed by atoms with Gasteiger partial charge in [0, 0.05) is 12.1 Å². The molecule has 0 amide bonds. The zero-order valence-corrected chi connectivity index (χ0v) is 12.0. The van der Waals surface area contributed by atoms with E-state index in [-0.39, 0.29) is 5.54 Å². The quantitative estimate of drug-likeness (QED) is 0.594. The predicted molar refractivity (Wildman–Crippen MR) is 73.7 cm³/mol. The van der Waals surface area contributed by atoms with Crippen molar-refractivity contribution in [3.05, 3.63) is 0 Å². The van der Waals surface area contributed by atoms with Crippen LogP contribution in [0.3, 0.4) is 0 Å².